The Labute approximate surface area is 192 Å². The molecule has 1 aliphatic carbocycles. The van der Waals surface area contributed by atoms with Crippen molar-refractivity contribution in [1.29, 1.82) is 0 Å². The van der Waals surface area contributed by atoms with Gasteiger partial charge in [0.05, 0.1) is 10.9 Å². The van der Waals surface area contributed by atoms with Gasteiger partial charge in [-0.05, 0) is 61.9 Å². The van der Waals surface area contributed by atoms with E-state index in [0.717, 1.165) is 24.8 Å². The Hall–Kier alpha value is -4.18. The fourth-order valence-electron chi connectivity index (χ4n) is 3.99. The number of nitrogens with two attached hydrogens (primary N) is 1. The van der Waals surface area contributed by atoms with Crippen LogP contribution in [-0.4, -0.2) is 25.4 Å². The molecule has 0 aliphatic heterocycles. The number of pyridine rings is 1. The summed E-state index contributed by atoms with van der Waals surface area (Å²) in [5.41, 5.74) is 10.4. The summed E-state index contributed by atoms with van der Waals surface area (Å²) in [6.45, 7) is 4.24. The molecule has 4 aromatic rings. The lowest BCUT2D eigenvalue weighted by atomic mass is 10.1. The maximum Gasteiger partial charge on any atom is 0.259 e. The number of fused-ring (bicyclic) bond motifs is 1. The van der Waals surface area contributed by atoms with Crippen LogP contribution in [0.5, 0.6) is 0 Å². The number of anilines is 2. The van der Waals surface area contributed by atoms with Gasteiger partial charge in [0.25, 0.3) is 5.91 Å². The van der Waals surface area contributed by atoms with E-state index in [4.69, 9.17) is 5.73 Å². The summed E-state index contributed by atoms with van der Waals surface area (Å²) >= 11 is 0. The summed E-state index contributed by atoms with van der Waals surface area (Å²) in [6.07, 6.45) is 7.71. The molecule has 3 N–H and O–H groups in total. The first-order chi connectivity index (χ1) is 16.0. The first-order valence-electron chi connectivity index (χ1n) is 11.0. The van der Waals surface area contributed by atoms with Crippen LogP contribution in [0.3, 0.4) is 0 Å². The van der Waals surface area contributed by atoms with Crippen molar-refractivity contribution in [2.24, 2.45) is 0 Å². The Balaban J connectivity index is 1.69. The molecule has 5 rings (SSSR count). The van der Waals surface area contributed by atoms with Crippen LogP contribution in [0, 0.1) is 11.8 Å². The number of nitrogens with zero attached hydrogens (tertiary/aromatic N) is 4. The van der Waals surface area contributed by atoms with Crippen molar-refractivity contribution in [3.8, 4) is 11.8 Å². The Morgan fingerprint density at radius 3 is 2.64 bits per heavy atom. The molecule has 0 spiro atoms. The van der Waals surface area contributed by atoms with Gasteiger partial charge in [0.2, 0.25) is 0 Å². The van der Waals surface area contributed by atoms with Gasteiger partial charge >= 0.3 is 0 Å². The average molecular weight is 437 g/mol. The number of aromatic nitrogens is 4. The van der Waals surface area contributed by atoms with Crippen molar-refractivity contribution >= 4 is 28.4 Å². The normalized spacial score (nSPS) is 13.9. The molecule has 1 fully saturated rings. The van der Waals surface area contributed by atoms with E-state index in [1.807, 2.05) is 36.4 Å². The quantitative estimate of drug-likeness (QED) is 0.469. The lowest BCUT2D eigenvalue weighted by molar-refractivity contribution is 0.102. The molecule has 7 heteroatoms. The summed E-state index contributed by atoms with van der Waals surface area (Å²) in [7, 11) is 0. The van der Waals surface area contributed by atoms with E-state index in [2.05, 4.69) is 50.5 Å². The van der Waals surface area contributed by atoms with Crippen LogP contribution in [0.4, 0.5) is 11.5 Å². The molecule has 0 unspecified atom stereocenters. The molecule has 0 radical (unpaired) electrons. The van der Waals surface area contributed by atoms with Crippen LogP contribution in [0.1, 0.15) is 53.9 Å². The molecule has 7 nitrogen and oxygen atoms in total. The molecule has 1 aliphatic rings. The van der Waals surface area contributed by atoms with Gasteiger partial charge < -0.3 is 15.6 Å². The second kappa shape index (κ2) is 8.06. The average Bonchev–Trinajstić information content (AvgIpc) is 3.47. The van der Waals surface area contributed by atoms with Crippen molar-refractivity contribution in [2.45, 2.75) is 38.6 Å². The fourth-order valence-corrected chi connectivity index (χ4v) is 3.99. The Morgan fingerprint density at radius 2 is 1.97 bits per heavy atom. The van der Waals surface area contributed by atoms with Gasteiger partial charge in [-0.1, -0.05) is 25.0 Å². The number of hydrogen-bond acceptors (Lipinski definition) is 5. The highest BCUT2D eigenvalue weighted by molar-refractivity contribution is 6.16. The molecule has 1 saturated carbocycles. The molecule has 3 heterocycles. The van der Waals surface area contributed by atoms with Crippen molar-refractivity contribution in [3.05, 3.63) is 77.5 Å². The van der Waals surface area contributed by atoms with E-state index in [1.165, 1.54) is 11.9 Å². The predicted molar refractivity (Wildman–Crippen MR) is 129 cm³/mol. The Morgan fingerprint density at radius 1 is 1.18 bits per heavy atom. The first-order valence-corrected chi connectivity index (χ1v) is 11.0. The molecule has 0 bridgehead atoms. The predicted octanol–water partition coefficient (Wildman–Crippen LogP) is 4.13. The van der Waals surface area contributed by atoms with Crippen molar-refractivity contribution in [3.63, 3.8) is 0 Å². The molecule has 1 amide bonds. The van der Waals surface area contributed by atoms with Crippen molar-refractivity contribution < 1.29 is 4.79 Å². The van der Waals surface area contributed by atoms with Gasteiger partial charge in [0.15, 0.2) is 0 Å². The molecule has 0 atom stereocenters. The Bertz CT molecular complexity index is 1410. The van der Waals surface area contributed by atoms with E-state index < -0.39 is 0 Å². The fraction of sp³-hybridized carbons (Fsp3) is 0.231. The lowest BCUT2D eigenvalue weighted by Crippen LogP contribution is -2.18. The minimum absolute atomic E-state index is 0.167. The number of carbonyl (C=O) groups is 1. The van der Waals surface area contributed by atoms with E-state index in [0.29, 0.717) is 28.0 Å². The van der Waals surface area contributed by atoms with Gasteiger partial charge in [0.1, 0.15) is 23.5 Å². The SMILES string of the molecule is CCc1ccc(NC(=O)c2c(C#Cc3cccnc3)n(C3(C)CC3)c3ncnc(N)c23)cc1. The monoisotopic (exact) mass is 436 g/mol. The zero-order chi connectivity index (χ0) is 23.0. The molecular formula is C26H24N6O. The molecule has 33 heavy (non-hydrogen) atoms. The maximum atomic E-state index is 13.6. The smallest absolute Gasteiger partial charge is 0.259 e. The highest BCUT2D eigenvalue weighted by Gasteiger charge is 2.43. The lowest BCUT2D eigenvalue weighted by Gasteiger charge is -2.14. The van der Waals surface area contributed by atoms with Gasteiger partial charge in [-0.3, -0.25) is 9.78 Å². The van der Waals surface area contributed by atoms with E-state index in [-0.39, 0.29) is 17.3 Å². The number of nitrogens with one attached hydrogen (secondary N) is 1. The minimum Gasteiger partial charge on any atom is -0.383 e. The number of benzene rings is 1. The van der Waals surface area contributed by atoms with Gasteiger partial charge in [-0.25, -0.2) is 9.97 Å². The summed E-state index contributed by atoms with van der Waals surface area (Å²) in [5.74, 6) is 6.36. The number of nitrogen functional groups attached to an aromatic ring is 1. The third kappa shape index (κ3) is 3.80. The summed E-state index contributed by atoms with van der Waals surface area (Å²) < 4.78 is 2.05. The van der Waals surface area contributed by atoms with Crippen LogP contribution in [0.2, 0.25) is 0 Å². The third-order valence-corrected chi connectivity index (χ3v) is 6.13. The van der Waals surface area contributed by atoms with Crippen LogP contribution >= 0.6 is 0 Å². The zero-order valence-corrected chi connectivity index (χ0v) is 18.6. The van der Waals surface area contributed by atoms with Crippen molar-refractivity contribution in [2.75, 3.05) is 11.1 Å². The van der Waals surface area contributed by atoms with Gasteiger partial charge in [-0.2, -0.15) is 0 Å². The maximum absolute atomic E-state index is 13.6. The second-order valence-electron chi connectivity index (χ2n) is 8.51. The van der Waals surface area contributed by atoms with E-state index in [9.17, 15) is 4.79 Å². The van der Waals surface area contributed by atoms with Gasteiger partial charge in [-0.15, -0.1) is 0 Å². The topological polar surface area (TPSA) is 98.7 Å². The number of amides is 1. The number of hydrogen-bond donors (Lipinski definition) is 2. The van der Waals surface area contributed by atoms with Crippen LogP contribution in [-0.2, 0) is 12.0 Å². The van der Waals surface area contributed by atoms with Crippen molar-refractivity contribution in [1.82, 2.24) is 19.5 Å². The molecule has 3 aromatic heterocycles. The number of aryl methyl sites for hydroxylation is 1. The number of carbonyl (C=O) groups excluding carboxylic acids is 1. The highest BCUT2D eigenvalue weighted by Crippen LogP contribution is 2.47. The summed E-state index contributed by atoms with van der Waals surface area (Å²) in [4.78, 5) is 26.4. The number of rotatable bonds is 4. The molecular weight excluding hydrogens is 412 g/mol. The van der Waals surface area contributed by atoms with Gasteiger partial charge in [0, 0.05) is 29.2 Å². The van der Waals surface area contributed by atoms with Crippen LogP contribution in [0.25, 0.3) is 11.0 Å². The molecule has 1 aromatic carbocycles. The summed E-state index contributed by atoms with van der Waals surface area (Å²) in [5, 5.41) is 3.54. The van der Waals surface area contributed by atoms with Crippen LogP contribution in [0.15, 0.2) is 55.1 Å². The second-order valence-corrected chi connectivity index (χ2v) is 8.51. The largest absolute Gasteiger partial charge is 0.383 e. The standard InChI is InChI=1S/C26H24N6O/c1-3-17-6-9-19(10-7-17)31-25(33)21-20(11-8-18-5-4-14-28-15-18)32(26(2)12-13-26)24-22(21)23(27)29-16-30-24/h4-7,9-10,14-16H,3,12-13H2,1-2H3,(H,31,33)(H2,27,29,30). The Kier molecular flexibility index (Phi) is 5.06. The minimum atomic E-state index is -0.288. The van der Waals surface area contributed by atoms with E-state index in [1.54, 1.807) is 12.4 Å². The third-order valence-electron chi connectivity index (χ3n) is 6.13. The molecule has 164 valence electrons. The zero-order valence-electron chi connectivity index (χ0n) is 18.6. The van der Waals surface area contributed by atoms with E-state index >= 15 is 0 Å². The highest BCUT2D eigenvalue weighted by atomic mass is 16.1. The van der Waals surface area contributed by atoms with Crippen LogP contribution < -0.4 is 11.1 Å². The first kappa shape index (κ1) is 20.7. The molecule has 0 saturated heterocycles. The summed E-state index contributed by atoms with van der Waals surface area (Å²) in [6, 6.07) is 11.5.